The van der Waals surface area contributed by atoms with Crippen molar-refractivity contribution in [3.63, 3.8) is 0 Å². The summed E-state index contributed by atoms with van der Waals surface area (Å²) in [6, 6.07) is 2.83. The Balaban J connectivity index is 1.16. The number of aromatic nitrogens is 2. The second-order valence-electron chi connectivity index (χ2n) is 18.2. The van der Waals surface area contributed by atoms with Gasteiger partial charge in [0.1, 0.15) is 41.3 Å². The van der Waals surface area contributed by atoms with Gasteiger partial charge in [0.25, 0.3) is 5.91 Å². The molecular weight excluding hydrogens is 791 g/mol. The third-order valence-corrected chi connectivity index (χ3v) is 16.1. The van der Waals surface area contributed by atoms with Crippen LogP contribution in [0.1, 0.15) is 104 Å². The molecule has 322 valence electrons. The van der Waals surface area contributed by atoms with E-state index in [-0.39, 0.29) is 24.4 Å². The highest BCUT2D eigenvalue weighted by Gasteiger charge is 2.68. The van der Waals surface area contributed by atoms with Crippen molar-refractivity contribution < 1.29 is 50.6 Å². The predicted octanol–water partition coefficient (Wildman–Crippen LogP) is 4.55. The number of hydrogen-bond donors (Lipinski definition) is 3. The van der Waals surface area contributed by atoms with E-state index >= 15 is 4.79 Å². The molecule has 4 aliphatic carbocycles. The maximum atomic E-state index is 15.1. The number of rotatable bonds is 8. The smallest absolute Gasteiger partial charge is 0.408 e. The highest BCUT2D eigenvalue weighted by molar-refractivity contribution is 7.91. The number of benzene rings is 1. The molecule has 2 aromatic rings. The quantitative estimate of drug-likeness (QED) is 0.338. The van der Waals surface area contributed by atoms with Crippen LogP contribution >= 0.6 is 0 Å². The molecule has 4 saturated carbocycles. The van der Waals surface area contributed by atoms with Crippen LogP contribution in [0.15, 0.2) is 18.2 Å². The van der Waals surface area contributed by atoms with Gasteiger partial charge in [0.2, 0.25) is 34.1 Å². The molecule has 3 heterocycles. The summed E-state index contributed by atoms with van der Waals surface area (Å²) in [5.41, 5.74) is -1.21. The average Bonchev–Trinajstić information content (AvgIpc) is 4.15. The van der Waals surface area contributed by atoms with Crippen molar-refractivity contribution in [2.24, 2.45) is 23.2 Å². The number of alkyl halides is 2. The molecule has 0 spiro atoms. The van der Waals surface area contributed by atoms with Crippen LogP contribution < -0.4 is 24.8 Å². The molecule has 2 aliphatic heterocycles. The first-order chi connectivity index (χ1) is 28.0. The number of aryl methyl sites for hydroxylation is 1. The summed E-state index contributed by atoms with van der Waals surface area (Å²) >= 11 is 0. The average molecular weight is 845 g/mol. The van der Waals surface area contributed by atoms with E-state index in [0.717, 1.165) is 44.9 Å². The molecule has 1 unspecified atom stereocenters. The number of hydrogen-bond acceptors (Lipinski definition) is 11. The fourth-order valence-corrected chi connectivity index (χ4v) is 10.7. The van der Waals surface area contributed by atoms with Gasteiger partial charge < -0.3 is 29.7 Å². The summed E-state index contributed by atoms with van der Waals surface area (Å²) in [6.07, 6.45) is 2.73. The maximum absolute atomic E-state index is 15.1. The molecule has 1 aromatic carbocycles. The summed E-state index contributed by atoms with van der Waals surface area (Å²) in [7, 11) is -2.70. The fourth-order valence-electron chi connectivity index (χ4n) is 9.43. The molecule has 59 heavy (non-hydrogen) atoms. The van der Waals surface area contributed by atoms with Crippen LogP contribution in [0.5, 0.6) is 11.6 Å². The van der Waals surface area contributed by atoms with Crippen molar-refractivity contribution in [3.8, 4) is 11.6 Å². The van der Waals surface area contributed by atoms with E-state index in [4.69, 9.17) is 24.2 Å². The lowest BCUT2D eigenvalue weighted by molar-refractivity contribution is -0.144. The predicted molar refractivity (Wildman–Crippen MR) is 209 cm³/mol. The van der Waals surface area contributed by atoms with E-state index in [9.17, 15) is 31.6 Å². The molecule has 0 radical (unpaired) electrons. The lowest BCUT2D eigenvalue weighted by atomic mass is 9.79. The number of amides is 4. The van der Waals surface area contributed by atoms with Crippen molar-refractivity contribution in [2.75, 3.05) is 13.7 Å². The summed E-state index contributed by atoms with van der Waals surface area (Å²) in [5.74, 6) is -4.25. The molecule has 1 aromatic heterocycles. The van der Waals surface area contributed by atoms with Gasteiger partial charge in [-0.3, -0.25) is 19.1 Å². The monoisotopic (exact) mass is 844 g/mol. The topological polar surface area (TPSA) is 195 Å². The Morgan fingerprint density at radius 2 is 1.75 bits per heavy atom. The van der Waals surface area contributed by atoms with Gasteiger partial charge in [0.05, 0.1) is 35.4 Å². The Hall–Kier alpha value is -4.35. The molecular formula is C41H54F2N6O9S. The summed E-state index contributed by atoms with van der Waals surface area (Å²) in [5, 5.41) is 5.39. The number of sulfonamides is 1. The number of carbonyl (C=O) groups excluding carboxylic acids is 4. The first-order valence-electron chi connectivity index (χ1n) is 20.9. The lowest BCUT2D eigenvalue weighted by Gasteiger charge is -2.37. The molecule has 1 saturated heterocycles. The summed E-state index contributed by atoms with van der Waals surface area (Å²) in [4.78, 5) is 68.0. The molecule has 8 rings (SSSR count). The minimum atomic E-state index is -4.24. The first-order valence-corrected chi connectivity index (χ1v) is 22.4. The minimum absolute atomic E-state index is 0.159. The number of carbonyl (C=O) groups is 4. The molecule has 5 fully saturated rings. The Labute approximate surface area is 342 Å². The van der Waals surface area contributed by atoms with Crippen LogP contribution in [0.2, 0.25) is 0 Å². The van der Waals surface area contributed by atoms with E-state index in [1.807, 2.05) is 17.7 Å². The zero-order valence-electron chi connectivity index (χ0n) is 33.9. The Kier molecular flexibility index (Phi) is 10.7. The van der Waals surface area contributed by atoms with Gasteiger partial charge in [0, 0.05) is 12.0 Å². The van der Waals surface area contributed by atoms with Gasteiger partial charge in [-0.15, -0.1) is 0 Å². The SMILES string of the molecule is COc1ccc2nc3c(nc2c1)O[C@H]1CN(C(=O)[C@H](C2(C)CCCC2)NC(=O)O[C@@H]2CC2CCCCC3)[C@H](C(=O)N[C@]2(C(=O)NS(=O)(=O)C3(C)CC3)C[C@H]2C(F)F)[C@@H]1C. The van der Waals surface area contributed by atoms with Crippen molar-refractivity contribution in [1.29, 1.82) is 0 Å². The lowest BCUT2D eigenvalue weighted by Crippen LogP contribution is -2.61. The van der Waals surface area contributed by atoms with Crippen molar-refractivity contribution >= 4 is 44.9 Å². The molecule has 18 heteroatoms. The van der Waals surface area contributed by atoms with E-state index < -0.39 is 92.4 Å². The number of alkyl carbamates (subject to hydrolysis) is 1. The maximum Gasteiger partial charge on any atom is 0.408 e. The zero-order valence-corrected chi connectivity index (χ0v) is 34.7. The van der Waals surface area contributed by atoms with Crippen LogP contribution in [0, 0.1) is 23.2 Å². The number of nitrogens with one attached hydrogen (secondary N) is 3. The van der Waals surface area contributed by atoms with Gasteiger partial charge in [0.15, 0.2) is 0 Å². The highest BCUT2D eigenvalue weighted by atomic mass is 32.2. The molecule has 4 amide bonds. The Bertz CT molecular complexity index is 2130. The van der Waals surface area contributed by atoms with Crippen molar-refractivity contribution in [2.45, 2.75) is 145 Å². The second-order valence-corrected chi connectivity index (χ2v) is 20.4. The van der Waals surface area contributed by atoms with Crippen LogP contribution in [0.25, 0.3) is 11.0 Å². The number of methoxy groups -OCH3 is 1. The molecule has 8 atom stereocenters. The number of halogens is 2. The van der Waals surface area contributed by atoms with E-state index in [0.29, 0.717) is 54.6 Å². The zero-order chi connectivity index (χ0) is 42.1. The van der Waals surface area contributed by atoms with Crippen LogP contribution in [-0.2, 0) is 35.6 Å². The Morgan fingerprint density at radius 3 is 2.42 bits per heavy atom. The molecule has 6 aliphatic rings. The third-order valence-electron chi connectivity index (χ3n) is 14.0. The van der Waals surface area contributed by atoms with Crippen molar-refractivity contribution in [1.82, 2.24) is 30.2 Å². The Morgan fingerprint density at radius 1 is 1.00 bits per heavy atom. The van der Waals surface area contributed by atoms with Gasteiger partial charge in [-0.2, -0.15) is 0 Å². The first kappa shape index (κ1) is 41.4. The molecule has 15 nitrogen and oxygen atoms in total. The molecule has 3 N–H and O–H groups in total. The van der Waals surface area contributed by atoms with Gasteiger partial charge >= 0.3 is 6.09 Å². The largest absolute Gasteiger partial charge is 0.497 e. The van der Waals surface area contributed by atoms with Gasteiger partial charge in [-0.25, -0.2) is 32.0 Å². The normalized spacial score (nSPS) is 32.7. The van der Waals surface area contributed by atoms with Crippen LogP contribution in [0.4, 0.5) is 13.6 Å². The van der Waals surface area contributed by atoms with Crippen molar-refractivity contribution in [3.05, 3.63) is 23.9 Å². The third kappa shape index (κ3) is 7.89. The standard InChI is InChI=1S/C41H54F2N6O9S/c1-22-30-21-49(31(22)34(50)47-41(20-25(41)33(42)43)37(52)48-59(54,55)40(3)16-17-40)36(51)32(39(2)14-8-9-15-39)46-38(53)58-29-18-23(29)10-6-5-7-11-27-35(57-30)45-28-19-24(56-4)12-13-26(28)44-27/h12-13,19,22-23,25,29-33H,5-11,14-18,20-21H2,1-4H3,(H,46,53)(H,47,50)(H,48,52)/t22-,23?,25+,29-,30+,31+,32-,41-/m1/s1. The van der Waals surface area contributed by atoms with E-state index in [1.54, 1.807) is 26.2 Å². The molecule has 2 bridgehead atoms. The van der Waals surface area contributed by atoms with E-state index in [2.05, 4.69) is 10.6 Å². The van der Waals surface area contributed by atoms with Gasteiger partial charge in [-0.1, -0.05) is 39.5 Å². The summed E-state index contributed by atoms with van der Waals surface area (Å²) < 4.78 is 73.6. The number of ether oxygens (including phenoxy) is 3. The number of fused-ring (bicyclic) bond motifs is 5. The number of nitrogens with zero attached hydrogens (tertiary/aromatic N) is 3. The van der Waals surface area contributed by atoms with Gasteiger partial charge in [-0.05, 0) is 88.2 Å². The van der Waals surface area contributed by atoms with E-state index in [1.165, 1.54) is 11.8 Å². The second kappa shape index (κ2) is 15.3. The van der Waals surface area contributed by atoms with Crippen LogP contribution in [-0.4, -0.2) is 102 Å². The summed E-state index contributed by atoms with van der Waals surface area (Å²) in [6.45, 7) is 4.90. The highest BCUT2D eigenvalue weighted by Crippen LogP contribution is 2.50. The minimum Gasteiger partial charge on any atom is -0.497 e. The fraction of sp³-hybridized carbons (Fsp3) is 0.707. The van der Waals surface area contributed by atoms with Crippen LogP contribution in [0.3, 0.4) is 0 Å².